The zero-order valence-corrected chi connectivity index (χ0v) is 13.5. The Balaban J connectivity index is 2.12. The standard InChI is InChI=1S/C20H15N3O2/c1-11-6-2-3-7-12(11)16-14(10-21)19(22)25-18-13-8-4-5-9-15(13)23-20(24)17(16)18/h2-9,16H,22H2,1H3,(H,23,24)/t16-/m0/s1. The van der Waals surface area contributed by atoms with E-state index in [-0.39, 0.29) is 17.0 Å². The van der Waals surface area contributed by atoms with Crippen LogP contribution in [0.2, 0.25) is 0 Å². The predicted octanol–water partition coefficient (Wildman–Crippen LogP) is 3.05. The van der Waals surface area contributed by atoms with E-state index in [1.807, 2.05) is 55.5 Å². The number of aryl methyl sites for hydroxylation is 1. The highest BCUT2D eigenvalue weighted by molar-refractivity contribution is 5.87. The molecule has 1 atom stereocenters. The second kappa shape index (κ2) is 5.53. The first-order valence-electron chi connectivity index (χ1n) is 7.90. The summed E-state index contributed by atoms with van der Waals surface area (Å²) >= 11 is 0. The molecule has 1 aliphatic rings. The van der Waals surface area contributed by atoms with Crippen molar-refractivity contribution in [3.63, 3.8) is 0 Å². The number of benzene rings is 2. The molecule has 0 amide bonds. The van der Waals surface area contributed by atoms with Gasteiger partial charge in [0.1, 0.15) is 17.4 Å². The van der Waals surface area contributed by atoms with Gasteiger partial charge in [-0.25, -0.2) is 0 Å². The molecule has 0 radical (unpaired) electrons. The van der Waals surface area contributed by atoms with E-state index in [0.717, 1.165) is 16.5 Å². The topological polar surface area (TPSA) is 91.9 Å². The van der Waals surface area contributed by atoms with Crippen molar-refractivity contribution in [2.45, 2.75) is 12.8 Å². The minimum Gasteiger partial charge on any atom is -0.439 e. The van der Waals surface area contributed by atoms with Gasteiger partial charge in [0.15, 0.2) is 0 Å². The van der Waals surface area contributed by atoms with Gasteiger partial charge in [0.05, 0.1) is 17.0 Å². The van der Waals surface area contributed by atoms with Gasteiger partial charge >= 0.3 is 0 Å². The Morgan fingerprint density at radius 1 is 1.16 bits per heavy atom. The van der Waals surface area contributed by atoms with Gasteiger partial charge in [-0.2, -0.15) is 5.26 Å². The van der Waals surface area contributed by atoms with Crippen LogP contribution in [0.25, 0.3) is 10.9 Å². The molecule has 1 aromatic heterocycles. The van der Waals surface area contributed by atoms with E-state index in [4.69, 9.17) is 10.5 Å². The average Bonchev–Trinajstić information content (AvgIpc) is 2.61. The molecule has 1 aliphatic heterocycles. The maximum Gasteiger partial charge on any atom is 0.256 e. The quantitative estimate of drug-likeness (QED) is 0.718. The summed E-state index contributed by atoms with van der Waals surface area (Å²) in [6, 6.07) is 17.2. The van der Waals surface area contributed by atoms with Crippen LogP contribution in [0.5, 0.6) is 5.75 Å². The molecular weight excluding hydrogens is 314 g/mol. The minimum atomic E-state index is -0.552. The van der Waals surface area contributed by atoms with Crippen LogP contribution in [0.3, 0.4) is 0 Å². The number of fused-ring (bicyclic) bond motifs is 3. The highest BCUT2D eigenvalue weighted by Gasteiger charge is 2.35. The number of nitriles is 1. The second-order valence-electron chi connectivity index (χ2n) is 6.02. The van der Waals surface area contributed by atoms with Gasteiger partial charge in [0.25, 0.3) is 5.56 Å². The van der Waals surface area contributed by atoms with E-state index in [2.05, 4.69) is 11.1 Å². The minimum absolute atomic E-state index is 0.0407. The molecule has 5 heteroatoms. The molecule has 0 spiro atoms. The molecule has 0 saturated carbocycles. The molecule has 2 heterocycles. The first-order chi connectivity index (χ1) is 12.1. The number of H-pyrrole nitrogens is 1. The molecule has 5 nitrogen and oxygen atoms in total. The lowest BCUT2D eigenvalue weighted by Gasteiger charge is -2.27. The third kappa shape index (κ3) is 2.19. The fourth-order valence-corrected chi connectivity index (χ4v) is 3.39. The molecule has 2 aromatic carbocycles. The number of aromatic amines is 1. The number of nitrogens with two attached hydrogens (primary N) is 1. The maximum atomic E-state index is 12.8. The number of pyridine rings is 1. The number of ether oxygens (including phenoxy) is 1. The summed E-state index contributed by atoms with van der Waals surface area (Å²) in [5.41, 5.74) is 8.96. The van der Waals surface area contributed by atoms with Gasteiger partial charge in [-0.15, -0.1) is 0 Å². The number of nitrogens with one attached hydrogen (secondary N) is 1. The highest BCUT2D eigenvalue weighted by Crippen LogP contribution is 2.43. The number of aromatic nitrogens is 1. The van der Waals surface area contributed by atoms with Crippen molar-refractivity contribution in [2.75, 3.05) is 0 Å². The van der Waals surface area contributed by atoms with E-state index in [1.54, 1.807) is 0 Å². The lowest BCUT2D eigenvalue weighted by Crippen LogP contribution is -2.28. The van der Waals surface area contributed by atoms with E-state index >= 15 is 0 Å². The molecule has 0 saturated heterocycles. The Kier molecular flexibility index (Phi) is 3.33. The number of allylic oxidation sites excluding steroid dienone is 1. The third-order valence-electron chi connectivity index (χ3n) is 4.58. The first kappa shape index (κ1) is 15.0. The summed E-state index contributed by atoms with van der Waals surface area (Å²) in [5, 5.41) is 10.4. The molecule has 0 unspecified atom stereocenters. The fourth-order valence-electron chi connectivity index (χ4n) is 3.39. The lowest BCUT2D eigenvalue weighted by atomic mass is 9.81. The Morgan fingerprint density at radius 2 is 1.88 bits per heavy atom. The van der Waals surface area contributed by atoms with Crippen LogP contribution < -0.4 is 16.0 Å². The molecule has 25 heavy (non-hydrogen) atoms. The van der Waals surface area contributed by atoms with Crippen LogP contribution in [0.1, 0.15) is 22.6 Å². The third-order valence-corrected chi connectivity index (χ3v) is 4.58. The van der Waals surface area contributed by atoms with E-state index in [1.165, 1.54) is 0 Å². The number of para-hydroxylation sites is 1. The van der Waals surface area contributed by atoms with Crippen molar-refractivity contribution >= 4 is 10.9 Å². The highest BCUT2D eigenvalue weighted by atomic mass is 16.5. The smallest absolute Gasteiger partial charge is 0.256 e. The van der Waals surface area contributed by atoms with Crippen LogP contribution >= 0.6 is 0 Å². The van der Waals surface area contributed by atoms with Gasteiger partial charge in [0.2, 0.25) is 5.88 Å². The maximum absolute atomic E-state index is 12.8. The largest absolute Gasteiger partial charge is 0.439 e. The zero-order chi connectivity index (χ0) is 17.6. The van der Waals surface area contributed by atoms with Crippen LogP contribution in [-0.2, 0) is 0 Å². The average molecular weight is 329 g/mol. The van der Waals surface area contributed by atoms with Crippen LogP contribution in [0.4, 0.5) is 0 Å². The number of hydrogen-bond donors (Lipinski definition) is 2. The van der Waals surface area contributed by atoms with Crippen LogP contribution in [0.15, 0.2) is 64.8 Å². The number of rotatable bonds is 1. The van der Waals surface area contributed by atoms with E-state index in [9.17, 15) is 10.1 Å². The molecule has 3 N–H and O–H groups in total. The summed E-state index contributed by atoms with van der Waals surface area (Å²) < 4.78 is 5.74. The van der Waals surface area contributed by atoms with Crippen LogP contribution in [-0.4, -0.2) is 4.98 Å². The first-order valence-corrected chi connectivity index (χ1v) is 7.90. The fraction of sp³-hybridized carbons (Fsp3) is 0.100. The SMILES string of the molecule is Cc1ccccc1[C@H]1C(C#N)=C(N)Oc2c1c(=O)[nH]c1ccccc21. The monoisotopic (exact) mass is 329 g/mol. The van der Waals surface area contributed by atoms with Crippen molar-refractivity contribution in [3.8, 4) is 11.8 Å². The van der Waals surface area contributed by atoms with Gasteiger partial charge in [0, 0.05) is 5.39 Å². The van der Waals surface area contributed by atoms with Crippen molar-refractivity contribution in [1.29, 1.82) is 5.26 Å². The molecule has 0 bridgehead atoms. The van der Waals surface area contributed by atoms with Crippen molar-refractivity contribution in [2.24, 2.45) is 5.73 Å². The summed E-state index contributed by atoms with van der Waals surface area (Å²) in [6.07, 6.45) is 0. The van der Waals surface area contributed by atoms with Crippen molar-refractivity contribution in [3.05, 3.63) is 87.0 Å². The van der Waals surface area contributed by atoms with E-state index < -0.39 is 5.92 Å². The Labute approximate surface area is 144 Å². The summed E-state index contributed by atoms with van der Waals surface area (Å²) in [4.78, 5) is 15.7. The summed E-state index contributed by atoms with van der Waals surface area (Å²) in [7, 11) is 0. The second-order valence-corrected chi connectivity index (χ2v) is 6.02. The Hall–Kier alpha value is -3.52. The van der Waals surface area contributed by atoms with Crippen molar-refractivity contribution < 1.29 is 4.74 Å². The summed E-state index contributed by atoms with van der Waals surface area (Å²) in [5.74, 6) is -0.0913. The number of hydrogen-bond acceptors (Lipinski definition) is 4. The van der Waals surface area contributed by atoms with Gasteiger partial charge in [-0.05, 0) is 30.2 Å². The summed E-state index contributed by atoms with van der Waals surface area (Å²) in [6.45, 7) is 1.95. The molecule has 122 valence electrons. The Morgan fingerprint density at radius 3 is 2.64 bits per heavy atom. The van der Waals surface area contributed by atoms with E-state index in [0.29, 0.717) is 16.8 Å². The normalized spacial score (nSPS) is 16.2. The van der Waals surface area contributed by atoms with Crippen molar-refractivity contribution in [1.82, 2.24) is 4.98 Å². The molecule has 3 aromatic rings. The van der Waals surface area contributed by atoms with Crippen LogP contribution in [0, 0.1) is 18.3 Å². The lowest BCUT2D eigenvalue weighted by molar-refractivity contribution is 0.397. The Bertz CT molecular complexity index is 1140. The zero-order valence-electron chi connectivity index (χ0n) is 13.5. The van der Waals surface area contributed by atoms with Gasteiger partial charge in [-0.1, -0.05) is 36.4 Å². The molecular formula is C20H15N3O2. The molecule has 0 aliphatic carbocycles. The van der Waals surface area contributed by atoms with Gasteiger partial charge < -0.3 is 15.5 Å². The molecule has 0 fully saturated rings. The predicted molar refractivity (Wildman–Crippen MR) is 95.0 cm³/mol. The van der Waals surface area contributed by atoms with Gasteiger partial charge in [-0.3, -0.25) is 4.79 Å². The number of nitrogens with zero attached hydrogens (tertiary/aromatic N) is 1. The molecule has 4 rings (SSSR count).